The van der Waals surface area contributed by atoms with Gasteiger partial charge in [-0.15, -0.1) is 0 Å². The number of non-ortho nitro benzene ring substituents is 1. The number of nitrogens with one attached hydrogen (secondary N) is 1. The average Bonchev–Trinajstić information content (AvgIpc) is 2.91. The second kappa shape index (κ2) is 5.91. The van der Waals surface area contributed by atoms with Crippen LogP contribution in [0.25, 0.3) is 0 Å². The van der Waals surface area contributed by atoms with Crippen molar-refractivity contribution in [2.45, 2.75) is 12.8 Å². The summed E-state index contributed by atoms with van der Waals surface area (Å²) in [6.07, 6.45) is 7.68. The largest absolute Gasteiger partial charge is 0.301 e. The Morgan fingerprint density at radius 2 is 2.10 bits per heavy atom. The Morgan fingerprint density at radius 1 is 1.30 bits per heavy atom. The van der Waals surface area contributed by atoms with E-state index in [9.17, 15) is 20.2 Å². The van der Waals surface area contributed by atoms with Crippen LogP contribution in [0, 0.1) is 26.1 Å². The predicted octanol–water partition coefficient (Wildman–Crippen LogP) is 2.87. The molecule has 0 heterocycles. The summed E-state index contributed by atoms with van der Waals surface area (Å²) in [5.74, 6) is 0.222. The molecule has 0 radical (unpaired) electrons. The maximum Gasteiger partial charge on any atom is 0.301 e. The van der Waals surface area contributed by atoms with E-state index in [-0.39, 0.29) is 23.0 Å². The first-order valence-corrected chi connectivity index (χ1v) is 5.96. The lowest BCUT2D eigenvalue weighted by Gasteiger charge is -2.03. The van der Waals surface area contributed by atoms with Crippen LogP contribution in [-0.4, -0.2) is 16.1 Å². The molecule has 1 aromatic rings. The number of nitro groups is 2. The van der Waals surface area contributed by atoms with Gasteiger partial charge in [0.05, 0.1) is 15.9 Å². The number of hydrazone groups is 1. The lowest BCUT2D eigenvalue weighted by atomic mass is 10.1. The van der Waals surface area contributed by atoms with Gasteiger partial charge in [0.2, 0.25) is 0 Å². The highest BCUT2D eigenvalue weighted by Crippen LogP contribution is 2.28. The normalized spacial score (nSPS) is 17.5. The average molecular weight is 276 g/mol. The van der Waals surface area contributed by atoms with E-state index >= 15 is 0 Å². The summed E-state index contributed by atoms with van der Waals surface area (Å²) in [7, 11) is 0. The monoisotopic (exact) mass is 276 g/mol. The van der Waals surface area contributed by atoms with Gasteiger partial charge in [-0.25, -0.2) is 0 Å². The van der Waals surface area contributed by atoms with Crippen molar-refractivity contribution in [1.29, 1.82) is 0 Å². The Hall–Kier alpha value is -2.77. The van der Waals surface area contributed by atoms with Crippen LogP contribution in [-0.2, 0) is 0 Å². The smallest absolute Gasteiger partial charge is 0.272 e. The van der Waals surface area contributed by atoms with E-state index in [0.29, 0.717) is 0 Å². The van der Waals surface area contributed by atoms with Gasteiger partial charge in [0.25, 0.3) is 5.69 Å². The fourth-order valence-corrected chi connectivity index (χ4v) is 1.86. The Balaban J connectivity index is 2.16. The molecule has 0 aliphatic heterocycles. The zero-order valence-electron chi connectivity index (χ0n) is 10.4. The molecule has 8 heteroatoms. The molecule has 1 unspecified atom stereocenters. The first kappa shape index (κ1) is 13.7. The topological polar surface area (TPSA) is 111 Å². The molecule has 0 saturated heterocycles. The number of hydrogen-bond donors (Lipinski definition) is 1. The number of rotatable bonds is 5. The quantitative estimate of drug-likeness (QED) is 0.384. The molecular weight excluding hydrogens is 264 g/mol. The van der Waals surface area contributed by atoms with Crippen LogP contribution in [0.2, 0.25) is 0 Å². The van der Waals surface area contributed by atoms with Crippen molar-refractivity contribution < 1.29 is 9.85 Å². The minimum Gasteiger partial charge on any atom is -0.272 e. The molecule has 0 aromatic heterocycles. The molecule has 8 nitrogen and oxygen atoms in total. The lowest BCUT2D eigenvalue weighted by molar-refractivity contribution is -0.393. The molecule has 0 bridgehead atoms. The molecule has 1 aromatic carbocycles. The van der Waals surface area contributed by atoms with Crippen molar-refractivity contribution in [3.63, 3.8) is 0 Å². The van der Waals surface area contributed by atoms with Crippen LogP contribution in [0.3, 0.4) is 0 Å². The van der Waals surface area contributed by atoms with E-state index in [0.717, 1.165) is 18.9 Å². The molecule has 0 amide bonds. The van der Waals surface area contributed by atoms with Crippen molar-refractivity contribution in [3.8, 4) is 0 Å². The third-order valence-electron chi connectivity index (χ3n) is 2.89. The van der Waals surface area contributed by atoms with Crippen LogP contribution >= 0.6 is 0 Å². The SMILES string of the molecule is O=[N+]([O-])c1ccc(N/N=C/C2C=CCC2)c([N+](=O)[O-])c1. The summed E-state index contributed by atoms with van der Waals surface area (Å²) in [6.45, 7) is 0. The maximum absolute atomic E-state index is 10.9. The molecule has 0 fully saturated rings. The summed E-state index contributed by atoms with van der Waals surface area (Å²) in [4.78, 5) is 20.1. The molecule has 1 aliphatic carbocycles. The van der Waals surface area contributed by atoms with E-state index in [1.54, 1.807) is 6.21 Å². The highest BCUT2D eigenvalue weighted by Gasteiger charge is 2.19. The highest BCUT2D eigenvalue weighted by atomic mass is 16.6. The first-order chi connectivity index (χ1) is 9.58. The van der Waals surface area contributed by atoms with Gasteiger partial charge >= 0.3 is 5.69 Å². The Labute approximate surface area is 114 Å². The molecule has 1 aliphatic rings. The number of hydrogen-bond acceptors (Lipinski definition) is 6. The predicted molar refractivity (Wildman–Crippen MR) is 73.7 cm³/mol. The van der Waals surface area contributed by atoms with E-state index in [1.807, 2.05) is 12.2 Å². The maximum atomic E-state index is 10.9. The van der Waals surface area contributed by atoms with Crippen LogP contribution < -0.4 is 5.43 Å². The van der Waals surface area contributed by atoms with Gasteiger partial charge in [-0.2, -0.15) is 5.10 Å². The van der Waals surface area contributed by atoms with Gasteiger partial charge < -0.3 is 0 Å². The third-order valence-corrected chi connectivity index (χ3v) is 2.89. The first-order valence-electron chi connectivity index (χ1n) is 5.96. The van der Waals surface area contributed by atoms with Gasteiger partial charge in [-0.1, -0.05) is 12.2 Å². The lowest BCUT2D eigenvalue weighted by Crippen LogP contribution is -2.00. The molecule has 1 N–H and O–H groups in total. The summed E-state index contributed by atoms with van der Waals surface area (Å²) < 4.78 is 0. The van der Waals surface area contributed by atoms with Gasteiger partial charge in [0.15, 0.2) is 0 Å². The van der Waals surface area contributed by atoms with Crippen molar-refractivity contribution >= 4 is 23.3 Å². The zero-order chi connectivity index (χ0) is 14.5. The van der Waals surface area contributed by atoms with E-state index in [4.69, 9.17) is 0 Å². The Kier molecular flexibility index (Phi) is 4.04. The van der Waals surface area contributed by atoms with E-state index < -0.39 is 9.85 Å². The molecule has 0 spiro atoms. The highest BCUT2D eigenvalue weighted by molar-refractivity contribution is 5.69. The van der Waals surface area contributed by atoms with Crippen molar-refractivity contribution in [2.75, 3.05) is 5.43 Å². The van der Waals surface area contributed by atoms with E-state index in [2.05, 4.69) is 10.5 Å². The van der Waals surface area contributed by atoms with Crippen LogP contribution in [0.5, 0.6) is 0 Å². The molecule has 20 heavy (non-hydrogen) atoms. The Bertz CT molecular complexity index is 597. The molecule has 1 atom stereocenters. The Morgan fingerprint density at radius 3 is 2.70 bits per heavy atom. The van der Waals surface area contributed by atoms with Crippen LogP contribution in [0.1, 0.15) is 12.8 Å². The van der Waals surface area contributed by atoms with Crippen molar-refractivity contribution in [1.82, 2.24) is 0 Å². The standard InChI is InChI=1S/C12H12N4O4/c17-15(18)10-5-6-11(12(7-10)16(19)20)14-13-8-9-3-1-2-4-9/h1,3,5-9,14H,2,4H2/b13-8+. The van der Waals surface area contributed by atoms with Crippen molar-refractivity contribution in [2.24, 2.45) is 11.0 Å². The van der Waals surface area contributed by atoms with Crippen molar-refractivity contribution in [3.05, 3.63) is 50.6 Å². The zero-order valence-corrected chi connectivity index (χ0v) is 10.4. The molecule has 2 rings (SSSR count). The van der Waals surface area contributed by atoms with Gasteiger partial charge in [0, 0.05) is 18.2 Å². The van der Waals surface area contributed by atoms with Gasteiger partial charge in [0.1, 0.15) is 5.69 Å². The summed E-state index contributed by atoms with van der Waals surface area (Å²) in [5, 5.41) is 25.4. The van der Waals surface area contributed by atoms with E-state index in [1.165, 1.54) is 12.1 Å². The fourth-order valence-electron chi connectivity index (χ4n) is 1.86. The third kappa shape index (κ3) is 3.16. The number of benzene rings is 1. The summed E-state index contributed by atoms with van der Waals surface area (Å²) in [5.41, 5.74) is 1.98. The minimum absolute atomic E-state index is 0.124. The van der Waals surface area contributed by atoms with Gasteiger partial charge in [-0.3, -0.25) is 25.7 Å². The number of anilines is 1. The fraction of sp³-hybridized carbons (Fsp3) is 0.250. The van der Waals surface area contributed by atoms with Crippen LogP contribution in [0.15, 0.2) is 35.5 Å². The number of allylic oxidation sites excluding steroid dienone is 2. The molecular formula is C12H12N4O4. The summed E-state index contributed by atoms with van der Waals surface area (Å²) in [6, 6.07) is 3.38. The summed E-state index contributed by atoms with van der Waals surface area (Å²) >= 11 is 0. The second-order valence-corrected chi connectivity index (χ2v) is 4.28. The number of nitrogens with zero attached hydrogens (tertiary/aromatic N) is 3. The second-order valence-electron chi connectivity index (χ2n) is 4.28. The number of nitro benzene ring substituents is 2. The van der Waals surface area contributed by atoms with Gasteiger partial charge in [-0.05, 0) is 18.9 Å². The molecule has 0 saturated carbocycles. The molecule has 104 valence electrons. The minimum atomic E-state index is -0.680. The van der Waals surface area contributed by atoms with Crippen LogP contribution in [0.4, 0.5) is 17.1 Å².